The Morgan fingerprint density at radius 1 is 1.21 bits per heavy atom. The number of aromatic nitrogens is 1. The van der Waals surface area contributed by atoms with Crippen molar-refractivity contribution in [3.05, 3.63) is 58.4 Å². The van der Waals surface area contributed by atoms with Gasteiger partial charge in [-0.1, -0.05) is 18.2 Å². The summed E-state index contributed by atoms with van der Waals surface area (Å²) in [6, 6.07) is 12.3. The van der Waals surface area contributed by atoms with Crippen molar-refractivity contribution in [1.29, 1.82) is 0 Å². The van der Waals surface area contributed by atoms with E-state index in [9.17, 15) is 13.2 Å². The highest BCUT2D eigenvalue weighted by atomic mass is 32.2. The van der Waals surface area contributed by atoms with Gasteiger partial charge in [-0.3, -0.25) is 4.79 Å². The lowest BCUT2D eigenvalue weighted by molar-refractivity contribution is -0.115. The van der Waals surface area contributed by atoms with Crippen LogP contribution in [0.2, 0.25) is 0 Å². The topological polar surface area (TPSA) is 97.8 Å². The summed E-state index contributed by atoms with van der Waals surface area (Å²) in [7, 11) is -2.34. The number of carbonyl (C=O) groups excluding carboxylic acids is 1. The number of amides is 1. The second-order valence-corrected chi connectivity index (χ2v) is 10.5. The van der Waals surface area contributed by atoms with Crippen LogP contribution in [0.25, 0.3) is 11.3 Å². The average Bonchev–Trinajstić information content (AvgIpc) is 3.26. The van der Waals surface area contributed by atoms with Gasteiger partial charge in [0.1, 0.15) is 10.6 Å². The number of carbonyl (C=O) groups is 1. The molecule has 0 aliphatic carbocycles. The Morgan fingerprint density at radius 2 is 2.00 bits per heavy atom. The number of hydrogen-bond donors (Lipinski definition) is 1. The Kier molecular flexibility index (Phi) is 7.08. The van der Waals surface area contributed by atoms with Crippen LogP contribution in [-0.2, 0) is 26.0 Å². The van der Waals surface area contributed by atoms with Gasteiger partial charge in [0.25, 0.3) is 0 Å². The molecular formula is C23H25N3O5S2. The third-order valence-corrected chi connectivity index (χ3v) is 7.94. The molecular weight excluding hydrogens is 462 g/mol. The average molecular weight is 488 g/mol. The van der Waals surface area contributed by atoms with Crippen molar-refractivity contribution in [3.63, 3.8) is 0 Å². The molecule has 4 rings (SSSR count). The Bertz CT molecular complexity index is 1250. The molecule has 0 spiro atoms. The molecule has 1 aromatic heterocycles. The number of thiazole rings is 1. The maximum Gasteiger partial charge on any atom is 0.246 e. The van der Waals surface area contributed by atoms with E-state index in [0.717, 1.165) is 16.3 Å². The molecule has 3 aromatic rings. The molecule has 8 nitrogen and oxygen atoms in total. The Balaban J connectivity index is 1.51. The lowest BCUT2D eigenvalue weighted by Gasteiger charge is -2.26. The standard InChI is InChI=1S/C23H25N3O5S2/c1-16-24-20(15-32-16)18-4-3-5-19(14-18)25-23(27)13-17-6-7-21(30-2)22(12-17)33(28,29)26-8-10-31-11-9-26/h3-7,12,14-15H,8-11,13H2,1-2H3,(H,25,27). The second-order valence-electron chi connectivity index (χ2n) is 7.56. The number of nitrogens with zero attached hydrogens (tertiary/aromatic N) is 2. The Labute approximate surface area is 197 Å². The van der Waals surface area contributed by atoms with Crippen LogP contribution in [0.4, 0.5) is 5.69 Å². The van der Waals surface area contributed by atoms with Crippen molar-refractivity contribution in [2.45, 2.75) is 18.2 Å². The maximum atomic E-state index is 13.2. The van der Waals surface area contributed by atoms with Gasteiger partial charge >= 0.3 is 0 Å². The van der Waals surface area contributed by atoms with Crippen molar-refractivity contribution >= 4 is 33.0 Å². The Hall–Kier alpha value is -2.79. The lowest BCUT2D eigenvalue weighted by atomic mass is 10.1. The monoisotopic (exact) mass is 487 g/mol. The molecule has 174 valence electrons. The largest absolute Gasteiger partial charge is 0.495 e. The minimum atomic E-state index is -3.77. The van der Waals surface area contributed by atoms with Crippen molar-refractivity contribution in [1.82, 2.24) is 9.29 Å². The molecule has 2 heterocycles. The van der Waals surface area contributed by atoms with E-state index in [-0.39, 0.29) is 36.1 Å². The number of aryl methyl sites for hydroxylation is 1. The van der Waals surface area contributed by atoms with Crippen LogP contribution in [0.1, 0.15) is 10.6 Å². The van der Waals surface area contributed by atoms with E-state index in [1.165, 1.54) is 17.5 Å². The summed E-state index contributed by atoms with van der Waals surface area (Å²) in [6.07, 6.45) is 0.0235. The normalized spacial score (nSPS) is 14.7. The van der Waals surface area contributed by atoms with Crippen LogP contribution >= 0.6 is 11.3 Å². The van der Waals surface area contributed by atoms with Gasteiger partial charge in [-0.15, -0.1) is 11.3 Å². The van der Waals surface area contributed by atoms with Gasteiger partial charge in [0.15, 0.2) is 0 Å². The van der Waals surface area contributed by atoms with Crippen molar-refractivity contribution in [2.24, 2.45) is 0 Å². The van der Waals surface area contributed by atoms with Crippen LogP contribution in [0.5, 0.6) is 5.75 Å². The molecule has 2 aromatic carbocycles. The van der Waals surface area contributed by atoms with Crippen LogP contribution in [0.3, 0.4) is 0 Å². The molecule has 1 N–H and O–H groups in total. The molecule has 0 saturated carbocycles. The zero-order chi connectivity index (χ0) is 23.4. The number of benzene rings is 2. The second kappa shape index (κ2) is 10.0. The summed E-state index contributed by atoms with van der Waals surface area (Å²) in [5.41, 5.74) is 3.01. The molecule has 1 amide bonds. The van der Waals surface area contributed by atoms with Crippen LogP contribution < -0.4 is 10.1 Å². The molecule has 33 heavy (non-hydrogen) atoms. The summed E-state index contributed by atoms with van der Waals surface area (Å²) < 4.78 is 38.2. The van der Waals surface area contributed by atoms with Crippen LogP contribution in [-0.4, -0.2) is 57.0 Å². The molecule has 0 bridgehead atoms. The van der Waals surface area contributed by atoms with Gasteiger partial charge in [-0.2, -0.15) is 4.31 Å². The molecule has 0 atom stereocenters. The summed E-state index contributed by atoms with van der Waals surface area (Å²) in [6.45, 7) is 3.21. The number of rotatable bonds is 7. The zero-order valence-electron chi connectivity index (χ0n) is 18.4. The molecule has 1 aliphatic heterocycles. The summed E-state index contributed by atoms with van der Waals surface area (Å²) in [4.78, 5) is 17.3. The number of morpholine rings is 1. The van der Waals surface area contributed by atoms with Crippen LogP contribution in [0.15, 0.2) is 52.7 Å². The Morgan fingerprint density at radius 3 is 2.70 bits per heavy atom. The number of ether oxygens (including phenoxy) is 2. The molecule has 10 heteroatoms. The smallest absolute Gasteiger partial charge is 0.246 e. The van der Waals surface area contributed by atoms with E-state index in [2.05, 4.69) is 10.3 Å². The van der Waals surface area contributed by atoms with Crippen LogP contribution in [0, 0.1) is 6.92 Å². The van der Waals surface area contributed by atoms with E-state index in [4.69, 9.17) is 9.47 Å². The number of methoxy groups -OCH3 is 1. The van der Waals surface area contributed by atoms with Gasteiger partial charge in [-0.05, 0) is 36.8 Å². The first kappa shape index (κ1) is 23.4. The lowest BCUT2D eigenvalue weighted by Crippen LogP contribution is -2.40. The molecule has 1 aliphatic rings. The minimum absolute atomic E-state index is 0.0235. The van der Waals surface area contributed by atoms with Gasteiger partial charge in [-0.25, -0.2) is 13.4 Å². The maximum absolute atomic E-state index is 13.2. The van der Waals surface area contributed by atoms with E-state index in [1.807, 2.05) is 36.6 Å². The van der Waals surface area contributed by atoms with E-state index in [0.29, 0.717) is 24.5 Å². The van der Waals surface area contributed by atoms with Crippen molar-refractivity contribution in [2.75, 3.05) is 38.7 Å². The van der Waals surface area contributed by atoms with E-state index < -0.39 is 10.0 Å². The summed E-state index contributed by atoms with van der Waals surface area (Å²) >= 11 is 1.57. The highest BCUT2D eigenvalue weighted by Crippen LogP contribution is 2.29. The summed E-state index contributed by atoms with van der Waals surface area (Å²) in [5.74, 6) is -0.00148. The first-order chi connectivity index (χ1) is 15.9. The SMILES string of the molecule is COc1ccc(CC(=O)Nc2cccc(-c3csc(C)n3)c2)cc1S(=O)(=O)N1CCOCC1. The zero-order valence-corrected chi connectivity index (χ0v) is 20.0. The quantitative estimate of drug-likeness (QED) is 0.549. The molecule has 1 saturated heterocycles. The first-order valence-corrected chi connectivity index (χ1v) is 12.8. The molecule has 0 unspecified atom stereocenters. The van der Waals surface area contributed by atoms with E-state index in [1.54, 1.807) is 23.5 Å². The fourth-order valence-electron chi connectivity index (χ4n) is 3.60. The third-order valence-electron chi connectivity index (χ3n) is 5.24. The highest BCUT2D eigenvalue weighted by Gasteiger charge is 2.29. The number of sulfonamides is 1. The third kappa shape index (κ3) is 5.41. The number of anilines is 1. The fourth-order valence-corrected chi connectivity index (χ4v) is 5.84. The van der Waals surface area contributed by atoms with Gasteiger partial charge in [0.05, 0.1) is 37.4 Å². The van der Waals surface area contributed by atoms with E-state index >= 15 is 0 Å². The van der Waals surface area contributed by atoms with Gasteiger partial charge in [0, 0.05) is 29.7 Å². The minimum Gasteiger partial charge on any atom is -0.495 e. The fraction of sp³-hybridized carbons (Fsp3) is 0.304. The van der Waals surface area contributed by atoms with Gasteiger partial charge < -0.3 is 14.8 Å². The van der Waals surface area contributed by atoms with Crippen molar-refractivity contribution in [3.8, 4) is 17.0 Å². The highest BCUT2D eigenvalue weighted by molar-refractivity contribution is 7.89. The number of hydrogen-bond acceptors (Lipinski definition) is 7. The predicted molar refractivity (Wildman–Crippen MR) is 127 cm³/mol. The molecule has 0 radical (unpaired) electrons. The predicted octanol–water partition coefficient (Wildman–Crippen LogP) is 3.33. The summed E-state index contributed by atoms with van der Waals surface area (Å²) in [5, 5.41) is 5.84. The number of nitrogens with one attached hydrogen (secondary N) is 1. The van der Waals surface area contributed by atoms with Crippen molar-refractivity contribution < 1.29 is 22.7 Å². The van der Waals surface area contributed by atoms with Gasteiger partial charge in [0.2, 0.25) is 15.9 Å². The first-order valence-electron chi connectivity index (χ1n) is 10.4. The molecule has 1 fully saturated rings.